The van der Waals surface area contributed by atoms with Crippen LogP contribution in [-0.4, -0.2) is 34.6 Å². The zero-order valence-electron chi connectivity index (χ0n) is 8.71. The highest BCUT2D eigenvalue weighted by Gasteiger charge is 2.37. The van der Waals surface area contributed by atoms with Gasteiger partial charge in [-0.1, -0.05) is 0 Å². The van der Waals surface area contributed by atoms with E-state index in [2.05, 4.69) is 0 Å². The van der Waals surface area contributed by atoms with E-state index in [1.165, 1.54) is 11.0 Å². The van der Waals surface area contributed by atoms with E-state index in [9.17, 15) is 14.3 Å². The van der Waals surface area contributed by atoms with Gasteiger partial charge in [0.1, 0.15) is 5.83 Å². The first-order chi connectivity index (χ1) is 7.09. The molecule has 0 atom stereocenters. The van der Waals surface area contributed by atoms with Crippen LogP contribution >= 0.6 is 0 Å². The van der Waals surface area contributed by atoms with Gasteiger partial charge in [-0.2, -0.15) is 0 Å². The average molecular weight is 213 g/mol. The van der Waals surface area contributed by atoms with Crippen molar-refractivity contribution in [2.45, 2.75) is 37.7 Å². The van der Waals surface area contributed by atoms with Crippen molar-refractivity contribution in [2.24, 2.45) is 0 Å². The predicted octanol–water partition coefficient (Wildman–Crippen LogP) is 1.38. The lowest BCUT2D eigenvalue weighted by molar-refractivity contribution is -0.140. The Labute approximate surface area is 88.6 Å². The summed E-state index contributed by atoms with van der Waals surface area (Å²) in [5.41, 5.74) is -0.797. The Kier molecular flexibility index (Phi) is 2.78. The fourth-order valence-corrected chi connectivity index (χ4v) is 2.07. The molecule has 2 rings (SSSR count). The molecule has 0 aromatic carbocycles. The number of aliphatic hydroxyl groups is 1. The smallest absolute Gasteiger partial charge is 0.225 e. The van der Waals surface area contributed by atoms with Crippen LogP contribution in [0.25, 0.3) is 0 Å². The van der Waals surface area contributed by atoms with Gasteiger partial charge in [-0.05, 0) is 31.8 Å². The molecule has 0 spiro atoms. The van der Waals surface area contributed by atoms with Crippen molar-refractivity contribution in [3.05, 3.63) is 11.9 Å². The summed E-state index contributed by atoms with van der Waals surface area (Å²) in [6.45, 7) is 0.650. The molecule has 3 nitrogen and oxygen atoms in total. The molecule has 1 aliphatic carbocycles. The molecule has 1 fully saturated rings. The first-order valence-corrected chi connectivity index (χ1v) is 5.44. The maximum Gasteiger partial charge on any atom is 0.225 e. The minimum absolute atomic E-state index is 0.0783. The third-order valence-electron chi connectivity index (χ3n) is 3.22. The van der Waals surface area contributed by atoms with Gasteiger partial charge in [-0.25, -0.2) is 4.39 Å². The van der Waals surface area contributed by atoms with E-state index in [1.807, 2.05) is 0 Å². The lowest BCUT2D eigenvalue weighted by Crippen LogP contribution is -2.44. The maximum absolute atomic E-state index is 12.9. The number of rotatable bonds is 2. The third kappa shape index (κ3) is 2.37. The summed E-state index contributed by atoms with van der Waals surface area (Å²) in [4.78, 5) is 13.2. The van der Waals surface area contributed by atoms with E-state index in [-0.39, 0.29) is 24.7 Å². The molecule has 0 unspecified atom stereocenters. The predicted molar refractivity (Wildman–Crippen MR) is 53.8 cm³/mol. The molecular weight excluding hydrogens is 197 g/mol. The van der Waals surface area contributed by atoms with Crippen molar-refractivity contribution < 1.29 is 14.3 Å². The van der Waals surface area contributed by atoms with Gasteiger partial charge in [-0.3, -0.25) is 4.79 Å². The summed E-state index contributed by atoms with van der Waals surface area (Å²) in [6, 6.07) is 0. The minimum Gasteiger partial charge on any atom is -0.389 e. The number of amides is 1. The molecule has 0 aromatic rings. The monoisotopic (exact) mass is 213 g/mol. The van der Waals surface area contributed by atoms with Crippen LogP contribution in [0, 0.1) is 0 Å². The number of carbonyl (C=O) groups excluding carboxylic acids is 1. The summed E-state index contributed by atoms with van der Waals surface area (Å²) in [7, 11) is 0. The summed E-state index contributed by atoms with van der Waals surface area (Å²) in [5.74, 6) is -0.365. The zero-order chi connectivity index (χ0) is 10.9. The molecule has 0 aromatic heterocycles. The summed E-state index contributed by atoms with van der Waals surface area (Å²) in [6.07, 6.45) is 4.63. The van der Waals surface area contributed by atoms with Crippen molar-refractivity contribution >= 4 is 5.91 Å². The van der Waals surface area contributed by atoms with Crippen LogP contribution in [-0.2, 0) is 4.79 Å². The number of carbonyl (C=O) groups is 1. The number of hydrogen-bond donors (Lipinski definition) is 1. The van der Waals surface area contributed by atoms with E-state index in [0.29, 0.717) is 25.8 Å². The van der Waals surface area contributed by atoms with Crippen LogP contribution in [0.15, 0.2) is 11.9 Å². The second kappa shape index (κ2) is 3.93. The van der Waals surface area contributed by atoms with E-state index in [4.69, 9.17) is 0 Å². The summed E-state index contributed by atoms with van der Waals surface area (Å²) in [5, 5.41) is 9.82. The summed E-state index contributed by atoms with van der Waals surface area (Å²) >= 11 is 0. The van der Waals surface area contributed by atoms with Crippen LogP contribution in [0.1, 0.15) is 32.1 Å². The van der Waals surface area contributed by atoms with E-state index in [1.54, 1.807) is 0 Å². The highest BCUT2D eigenvalue weighted by molar-refractivity contribution is 5.77. The standard InChI is InChI=1S/C11H16FNO2/c12-9-3-1-6-13(8-9)10(14)7-11(15)4-2-5-11/h3,15H,1-2,4-8H2. The topological polar surface area (TPSA) is 40.5 Å². The quantitative estimate of drug-likeness (QED) is 0.752. The van der Waals surface area contributed by atoms with E-state index < -0.39 is 5.60 Å². The lowest BCUT2D eigenvalue weighted by atomic mass is 9.77. The van der Waals surface area contributed by atoms with Crippen LogP contribution in [0.4, 0.5) is 4.39 Å². The van der Waals surface area contributed by atoms with Crippen LogP contribution in [0.5, 0.6) is 0 Å². The first kappa shape index (κ1) is 10.6. The second-order valence-electron chi connectivity index (χ2n) is 4.51. The molecular formula is C11H16FNO2. The Morgan fingerprint density at radius 2 is 2.33 bits per heavy atom. The second-order valence-corrected chi connectivity index (χ2v) is 4.51. The summed E-state index contributed by atoms with van der Waals surface area (Å²) < 4.78 is 12.9. The Morgan fingerprint density at radius 3 is 2.87 bits per heavy atom. The van der Waals surface area contributed by atoms with Gasteiger partial charge < -0.3 is 10.0 Å². The van der Waals surface area contributed by atoms with Crippen molar-refractivity contribution in [3.8, 4) is 0 Å². The molecule has 0 saturated heterocycles. The normalized spacial score (nSPS) is 24.4. The van der Waals surface area contributed by atoms with Crippen LogP contribution < -0.4 is 0 Å². The molecule has 0 bridgehead atoms. The van der Waals surface area contributed by atoms with Gasteiger partial charge in [0.15, 0.2) is 0 Å². The Bertz CT molecular complexity index is 297. The van der Waals surface area contributed by atoms with Gasteiger partial charge in [0, 0.05) is 6.54 Å². The Morgan fingerprint density at radius 1 is 1.60 bits per heavy atom. The maximum atomic E-state index is 12.9. The molecule has 0 radical (unpaired) electrons. The lowest BCUT2D eigenvalue weighted by Gasteiger charge is -2.37. The first-order valence-electron chi connectivity index (χ1n) is 5.44. The molecule has 1 heterocycles. The van der Waals surface area contributed by atoms with Crippen molar-refractivity contribution in [3.63, 3.8) is 0 Å². The van der Waals surface area contributed by atoms with E-state index in [0.717, 1.165) is 6.42 Å². The van der Waals surface area contributed by atoms with Crippen molar-refractivity contribution in [2.75, 3.05) is 13.1 Å². The fraction of sp³-hybridized carbons (Fsp3) is 0.727. The zero-order valence-corrected chi connectivity index (χ0v) is 8.71. The van der Waals surface area contributed by atoms with E-state index >= 15 is 0 Å². The fourth-order valence-electron chi connectivity index (χ4n) is 2.07. The largest absolute Gasteiger partial charge is 0.389 e. The SMILES string of the molecule is O=C(CC1(O)CCC1)N1CCC=C(F)C1. The van der Waals surface area contributed by atoms with Gasteiger partial charge in [-0.15, -0.1) is 0 Å². The number of nitrogens with zero attached hydrogens (tertiary/aromatic N) is 1. The highest BCUT2D eigenvalue weighted by atomic mass is 19.1. The minimum atomic E-state index is -0.797. The molecule has 15 heavy (non-hydrogen) atoms. The highest BCUT2D eigenvalue weighted by Crippen LogP contribution is 2.35. The van der Waals surface area contributed by atoms with Crippen molar-refractivity contribution in [1.29, 1.82) is 0 Å². The number of hydrogen-bond acceptors (Lipinski definition) is 2. The van der Waals surface area contributed by atoms with Gasteiger partial charge >= 0.3 is 0 Å². The molecule has 1 saturated carbocycles. The molecule has 1 N–H and O–H groups in total. The molecule has 4 heteroatoms. The van der Waals surface area contributed by atoms with Crippen LogP contribution in [0.3, 0.4) is 0 Å². The Balaban J connectivity index is 1.88. The molecule has 84 valence electrons. The van der Waals surface area contributed by atoms with Crippen LogP contribution in [0.2, 0.25) is 0 Å². The van der Waals surface area contributed by atoms with Crippen molar-refractivity contribution in [1.82, 2.24) is 4.90 Å². The number of halogens is 1. The Hall–Kier alpha value is -0.900. The molecule has 2 aliphatic rings. The van der Waals surface area contributed by atoms with Gasteiger partial charge in [0.25, 0.3) is 0 Å². The third-order valence-corrected chi connectivity index (χ3v) is 3.22. The molecule has 1 aliphatic heterocycles. The van der Waals surface area contributed by atoms with Gasteiger partial charge in [0.05, 0.1) is 18.6 Å². The average Bonchev–Trinajstić information content (AvgIpc) is 2.15. The molecule has 1 amide bonds. The van der Waals surface area contributed by atoms with Gasteiger partial charge in [0.2, 0.25) is 5.91 Å².